The lowest BCUT2D eigenvalue weighted by molar-refractivity contribution is 0.102. The summed E-state index contributed by atoms with van der Waals surface area (Å²) >= 11 is 6.19. The number of ether oxygens (including phenoxy) is 1. The van der Waals surface area contributed by atoms with Gasteiger partial charge in [0.05, 0.1) is 29.2 Å². The van der Waals surface area contributed by atoms with Gasteiger partial charge in [0.15, 0.2) is 23.3 Å². The van der Waals surface area contributed by atoms with Crippen LogP contribution in [0.5, 0.6) is 5.75 Å². The number of aromatic nitrogens is 2. The molecule has 1 N–H and O–H groups in total. The van der Waals surface area contributed by atoms with Gasteiger partial charge in [0.1, 0.15) is 12.4 Å². The number of rotatable bonds is 7. The fourth-order valence-electron chi connectivity index (χ4n) is 4.06. The van der Waals surface area contributed by atoms with Crippen molar-refractivity contribution in [3.63, 3.8) is 0 Å². The molecule has 1 heterocycles. The zero-order chi connectivity index (χ0) is 28.6. The van der Waals surface area contributed by atoms with E-state index >= 15 is 0 Å². The maximum atomic E-state index is 14.1. The van der Waals surface area contributed by atoms with E-state index in [1.807, 2.05) is 26.0 Å². The summed E-state index contributed by atoms with van der Waals surface area (Å²) in [5.74, 6) is -9.98. The van der Waals surface area contributed by atoms with E-state index in [1.54, 1.807) is 24.3 Å². The molecule has 0 atom stereocenters. The summed E-state index contributed by atoms with van der Waals surface area (Å²) in [5.41, 5.74) is 2.73. The minimum Gasteiger partial charge on any atom is -0.489 e. The van der Waals surface area contributed by atoms with E-state index in [0.717, 1.165) is 21.4 Å². The van der Waals surface area contributed by atoms with Gasteiger partial charge in [0, 0.05) is 10.6 Å². The minimum atomic E-state index is -2.23. The second-order valence-corrected chi connectivity index (χ2v) is 9.44. The second kappa shape index (κ2) is 11.1. The third-order valence-electron chi connectivity index (χ3n) is 6.26. The van der Waals surface area contributed by atoms with Crippen LogP contribution in [-0.4, -0.2) is 15.7 Å². The van der Waals surface area contributed by atoms with Crippen LogP contribution in [0.25, 0.3) is 0 Å². The third-order valence-corrected chi connectivity index (χ3v) is 6.86. The van der Waals surface area contributed by atoms with Crippen LogP contribution in [0.3, 0.4) is 0 Å². The van der Waals surface area contributed by atoms with Crippen LogP contribution < -0.4 is 10.1 Å². The van der Waals surface area contributed by atoms with E-state index < -0.39 is 47.1 Å². The number of anilines is 1. The van der Waals surface area contributed by atoms with Crippen molar-refractivity contribution in [2.45, 2.75) is 40.8 Å². The molecule has 5 nitrogen and oxygen atoms in total. The minimum absolute atomic E-state index is 0.254. The van der Waals surface area contributed by atoms with E-state index in [-0.39, 0.29) is 18.0 Å². The van der Waals surface area contributed by atoms with E-state index in [1.165, 1.54) is 13.8 Å². The Kier molecular flexibility index (Phi) is 7.96. The largest absolute Gasteiger partial charge is 0.489 e. The highest BCUT2D eigenvalue weighted by Crippen LogP contribution is 2.28. The molecule has 1 aromatic heterocycles. The lowest BCUT2D eigenvalue weighted by Gasteiger charge is -2.11. The summed E-state index contributed by atoms with van der Waals surface area (Å²) in [6.45, 7) is 6.37. The van der Waals surface area contributed by atoms with E-state index in [4.69, 9.17) is 16.3 Å². The first-order valence-corrected chi connectivity index (χ1v) is 12.1. The van der Waals surface area contributed by atoms with Gasteiger partial charge in [0.2, 0.25) is 5.82 Å². The monoisotopic (exact) mass is 563 g/mol. The molecule has 4 rings (SSSR count). The maximum absolute atomic E-state index is 14.1. The number of hydrogen-bond donors (Lipinski definition) is 1. The molecule has 3 aromatic carbocycles. The predicted octanol–water partition coefficient (Wildman–Crippen LogP) is 7.35. The van der Waals surface area contributed by atoms with E-state index in [0.29, 0.717) is 22.0 Å². The molecule has 0 radical (unpaired) electrons. The molecule has 0 bridgehead atoms. The number of nitrogens with zero attached hydrogens (tertiary/aromatic N) is 2. The number of amides is 1. The highest BCUT2D eigenvalue weighted by Gasteiger charge is 2.27. The predicted molar refractivity (Wildman–Crippen MR) is 137 cm³/mol. The SMILES string of the molecule is Cc1cc(OCc2ccc(C(=O)Nc3c(C)nn(Cc4c(F)c(F)c(F)c(F)c4F)c3C)cc2)cc(C)c1Cl. The van der Waals surface area contributed by atoms with Gasteiger partial charge in [-0.1, -0.05) is 23.7 Å². The molecular weight excluding hydrogens is 541 g/mol. The number of carbonyl (C=O) groups excluding carboxylic acids is 1. The van der Waals surface area contributed by atoms with Crippen molar-refractivity contribution in [3.8, 4) is 5.75 Å². The Labute approximate surface area is 226 Å². The Morgan fingerprint density at radius 3 is 2.00 bits per heavy atom. The zero-order valence-electron chi connectivity index (χ0n) is 21.4. The molecule has 0 unspecified atom stereocenters. The van der Waals surface area contributed by atoms with Crippen molar-refractivity contribution in [2.75, 3.05) is 5.32 Å². The first kappa shape index (κ1) is 28.1. The van der Waals surface area contributed by atoms with Crippen molar-refractivity contribution in [1.82, 2.24) is 9.78 Å². The van der Waals surface area contributed by atoms with Crippen LogP contribution in [0.2, 0.25) is 5.02 Å². The molecule has 0 aliphatic carbocycles. The molecule has 1 amide bonds. The van der Waals surface area contributed by atoms with Gasteiger partial charge in [-0.2, -0.15) is 5.10 Å². The number of aryl methyl sites for hydroxylation is 3. The fourth-order valence-corrected chi connectivity index (χ4v) is 4.17. The van der Waals surface area contributed by atoms with Gasteiger partial charge in [-0.3, -0.25) is 9.48 Å². The van der Waals surface area contributed by atoms with Gasteiger partial charge < -0.3 is 10.1 Å². The second-order valence-electron chi connectivity index (χ2n) is 9.06. The fraction of sp³-hybridized carbons (Fsp3) is 0.214. The first-order valence-electron chi connectivity index (χ1n) is 11.7. The number of nitrogens with one attached hydrogen (secondary N) is 1. The quantitative estimate of drug-likeness (QED) is 0.145. The summed E-state index contributed by atoms with van der Waals surface area (Å²) < 4.78 is 75.8. The van der Waals surface area contributed by atoms with Crippen molar-refractivity contribution >= 4 is 23.2 Å². The van der Waals surface area contributed by atoms with Gasteiger partial charge in [-0.25, -0.2) is 22.0 Å². The zero-order valence-corrected chi connectivity index (χ0v) is 22.1. The summed E-state index contributed by atoms with van der Waals surface area (Å²) in [5, 5.41) is 7.49. The molecule has 0 saturated heterocycles. The van der Waals surface area contributed by atoms with Crippen molar-refractivity contribution in [2.24, 2.45) is 0 Å². The number of hydrogen-bond acceptors (Lipinski definition) is 3. The molecule has 0 fully saturated rings. The highest BCUT2D eigenvalue weighted by atomic mass is 35.5. The van der Waals surface area contributed by atoms with E-state index in [2.05, 4.69) is 10.4 Å². The topological polar surface area (TPSA) is 56.1 Å². The van der Waals surface area contributed by atoms with Crippen LogP contribution in [0.4, 0.5) is 27.6 Å². The highest BCUT2D eigenvalue weighted by molar-refractivity contribution is 6.32. The average Bonchev–Trinajstić information content (AvgIpc) is 3.18. The third kappa shape index (κ3) is 5.61. The summed E-state index contributed by atoms with van der Waals surface area (Å²) in [6, 6.07) is 10.4. The van der Waals surface area contributed by atoms with Gasteiger partial charge in [-0.15, -0.1) is 0 Å². The summed E-state index contributed by atoms with van der Waals surface area (Å²) in [6.07, 6.45) is 0. The molecular formula is C28H23ClF5N3O2. The Hall–Kier alpha value is -3.92. The van der Waals surface area contributed by atoms with Crippen molar-refractivity contribution in [1.29, 1.82) is 0 Å². The van der Waals surface area contributed by atoms with Crippen LogP contribution in [0.15, 0.2) is 36.4 Å². The Morgan fingerprint density at radius 1 is 0.897 bits per heavy atom. The Bertz CT molecular complexity index is 1530. The van der Waals surface area contributed by atoms with Gasteiger partial charge >= 0.3 is 0 Å². The van der Waals surface area contributed by atoms with E-state index in [9.17, 15) is 26.7 Å². The normalized spacial score (nSPS) is 11.1. The molecule has 11 heteroatoms. The smallest absolute Gasteiger partial charge is 0.255 e. The van der Waals surface area contributed by atoms with Crippen molar-refractivity contribution in [3.05, 3.63) is 110 Å². The van der Waals surface area contributed by atoms with Crippen LogP contribution in [-0.2, 0) is 13.2 Å². The van der Waals surface area contributed by atoms with Crippen LogP contribution >= 0.6 is 11.6 Å². The lowest BCUT2D eigenvalue weighted by atomic mass is 10.1. The van der Waals surface area contributed by atoms with Crippen molar-refractivity contribution < 1.29 is 31.5 Å². The first-order chi connectivity index (χ1) is 18.4. The standard InChI is InChI=1S/C28H23ClF5N3O2/c1-13-9-19(10-14(2)21(13)29)39-12-17-5-7-18(8-6-17)28(38)35-27-15(3)36-37(16(27)4)11-20-22(30)24(32)26(34)25(33)23(20)31/h5-10H,11-12H2,1-4H3,(H,35,38). The van der Waals surface area contributed by atoms with Gasteiger partial charge in [0.25, 0.3) is 5.91 Å². The Morgan fingerprint density at radius 2 is 1.44 bits per heavy atom. The molecule has 204 valence electrons. The van der Waals surface area contributed by atoms with Crippen LogP contribution in [0.1, 0.15) is 44.0 Å². The Balaban J connectivity index is 1.46. The molecule has 0 spiro atoms. The molecule has 0 saturated carbocycles. The lowest BCUT2D eigenvalue weighted by Crippen LogP contribution is -2.14. The maximum Gasteiger partial charge on any atom is 0.255 e. The summed E-state index contributed by atoms with van der Waals surface area (Å²) in [7, 11) is 0. The van der Waals surface area contributed by atoms with Gasteiger partial charge in [-0.05, 0) is 68.7 Å². The summed E-state index contributed by atoms with van der Waals surface area (Å²) in [4.78, 5) is 12.9. The number of carbonyl (C=O) groups is 1. The molecule has 39 heavy (non-hydrogen) atoms. The number of halogens is 6. The molecule has 4 aromatic rings. The van der Waals surface area contributed by atoms with Crippen LogP contribution in [0, 0.1) is 56.8 Å². The average molecular weight is 564 g/mol. The molecule has 0 aliphatic rings. The molecule has 0 aliphatic heterocycles. The number of benzene rings is 3.